The predicted molar refractivity (Wildman–Crippen MR) is 127 cm³/mol. The molecule has 3 heterocycles. The number of aromatic nitrogens is 1. The lowest BCUT2D eigenvalue weighted by Crippen LogP contribution is -2.39. The first-order valence-electron chi connectivity index (χ1n) is 10.1. The Morgan fingerprint density at radius 3 is 2.72 bits per heavy atom. The topological polar surface area (TPSA) is 69.9 Å². The smallest absolute Gasteiger partial charge is 0.338 e. The molecule has 0 saturated carbocycles. The Morgan fingerprint density at radius 2 is 2.06 bits per heavy atom. The molecular weight excluding hydrogens is 444 g/mol. The minimum Gasteiger partial charge on any atom is -0.490 e. The average molecular weight is 467 g/mol. The van der Waals surface area contributed by atoms with Crippen LogP contribution in [0.3, 0.4) is 0 Å². The van der Waals surface area contributed by atoms with Crippen LogP contribution in [0.25, 0.3) is 6.08 Å². The summed E-state index contributed by atoms with van der Waals surface area (Å²) in [6.45, 7) is 7.81. The molecule has 164 valence electrons. The monoisotopic (exact) mass is 466 g/mol. The van der Waals surface area contributed by atoms with E-state index in [9.17, 15) is 9.59 Å². The van der Waals surface area contributed by atoms with Gasteiger partial charge in [-0.2, -0.15) is 0 Å². The highest BCUT2D eigenvalue weighted by Gasteiger charge is 2.33. The number of thiazole rings is 1. The fourth-order valence-electron chi connectivity index (χ4n) is 3.51. The number of nitrogens with zero attached hydrogens (tertiary/aromatic N) is 2. The molecule has 1 aliphatic heterocycles. The molecule has 1 aromatic carbocycles. The lowest BCUT2D eigenvalue weighted by Gasteiger charge is -2.24. The van der Waals surface area contributed by atoms with Gasteiger partial charge >= 0.3 is 5.97 Å². The Bertz CT molecular complexity index is 1350. The molecule has 0 unspecified atom stereocenters. The van der Waals surface area contributed by atoms with E-state index in [2.05, 4.69) is 11.6 Å². The van der Waals surface area contributed by atoms with E-state index in [4.69, 9.17) is 9.47 Å². The Kier molecular flexibility index (Phi) is 6.53. The third kappa shape index (κ3) is 4.24. The van der Waals surface area contributed by atoms with Gasteiger partial charge in [0.15, 0.2) is 4.80 Å². The van der Waals surface area contributed by atoms with E-state index in [1.165, 1.54) is 11.3 Å². The van der Waals surface area contributed by atoms with Crippen LogP contribution in [0.2, 0.25) is 0 Å². The molecule has 0 N–H and O–H groups in total. The van der Waals surface area contributed by atoms with Crippen molar-refractivity contribution in [2.24, 2.45) is 4.99 Å². The van der Waals surface area contributed by atoms with Crippen molar-refractivity contribution < 1.29 is 14.3 Å². The highest BCUT2D eigenvalue weighted by Crippen LogP contribution is 2.31. The molecule has 1 aliphatic rings. The summed E-state index contributed by atoms with van der Waals surface area (Å²) < 4.78 is 13.0. The molecule has 0 radical (unpaired) electrons. The van der Waals surface area contributed by atoms with Gasteiger partial charge in [-0.3, -0.25) is 9.36 Å². The largest absolute Gasteiger partial charge is 0.490 e. The van der Waals surface area contributed by atoms with Crippen molar-refractivity contribution >= 4 is 34.7 Å². The van der Waals surface area contributed by atoms with E-state index in [0.717, 1.165) is 10.4 Å². The highest BCUT2D eigenvalue weighted by atomic mass is 32.1. The third-order valence-corrected chi connectivity index (χ3v) is 6.70. The van der Waals surface area contributed by atoms with E-state index in [1.807, 2.05) is 47.9 Å². The quantitative estimate of drug-likeness (QED) is 0.395. The van der Waals surface area contributed by atoms with Crippen molar-refractivity contribution in [2.75, 3.05) is 13.2 Å². The number of fused-ring (bicyclic) bond motifs is 1. The number of esters is 1. The van der Waals surface area contributed by atoms with Crippen molar-refractivity contribution in [1.29, 1.82) is 0 Å². The van der Waals surface area contributed by atoms with Gasteiger partial charge < -0.3 is 9.47 Å². The highest BCUT2D eigenvalue weighted by molar-refractivity contribution is 7.11. The Morgan fingerprint density at radius 1 is 1.28 bits per heavy atom. The molecule has 6 nitrogen and oxygen atoms in total. The number of benzene rings is 1. The van der Waals surface area contributed by atoms with Gasteiger partial charge in [-0.15, -0.1) is 11.3 Å². The van der Waals surface area contributed by atoms with Gasteiger partial charge in [-0.1, -0.05) is 42.2 Å². The zero-order valence-corrected chi connectivity index (χ0v) is 19.4. The number of carbonyl (C=O) groups is 1. The fraction of sp³-hybridized carbons (Fsp3) is 0.208. The van der Waals surface area contributed by atoms with Crippen molar-refractivity contribution in [2.45, 2.75) is 19.9 Å². The minimum absolute atomic E-state index is 0.187. The predicted octanol–water partition coefficient (Wildman–Crippen LogP) is 3.42. The molecule has 32 heavy (non-hydrogen) atoms. The van der Waals surface area contributed by atoms with Crippen LogP contribution >= 0.6 is 22.7 Å². The van der Waals surface area contributed by atoms with E-state index in [0.29, 0.717) is 33.0 Å². The third-order valence-electron chi connectivity index (χ3n) is 4.90. The van der Waals surface area contributed by atoms with Crippen LogP contribution < -0.4 is 19.6 Å². The molecular formula is C24H22N2O4S2. The normalized spacial score (nSPS) is 15.8. The standard InChI is InChI=1S/C24H22N2O4S2/c1-4-12-30-17-10-8-16(9-11-17)21-20(23(28)29-5-2)15(3)25-24-26(21)22(27)19(32-24)14-18-7-6-13-31-18/h4,6-11,13-14,21H,1,5,12H2,2-3H3/b19-14-/t21-/m0/s1. The van der Waals surface area contributed by atoms with Crippen molar-refractivity contribution in [1.82, 2.24) is 4.57 Å². The summed E-state index contributed by atoms with van der Waals surface area (Å²) in [5.41, 5.74) is 1.50. The SMILES string of the molecule is C=CCOc1ccc([C@H]2C(C(=O)OCC)=C(C)N=c3s/c(=C\c4cccs4)c(=O)n32)cc1. The van der Waals surface area contributed by atoms with Crippen LogP contribution in [-0.4, -0.2) is 23.8 Å². The molecule has 2 aromatic heterocycles. The zero-order valence-electron chi connectivity index (χ0n) is 17.7. The van der Waals surface area contributed by atoms with Crippen LogP contribution in [0, 0.1) is 0 Å². The molecule has 0 bridgehead atoms. The second kappa shape index (κ2) is 9.50. The maximum atomic E-state index is 13.4. The van der Waals surface area contributed by atoms with Gasteiger partial charge in [0.05, 0.1) is 28.5 Å². The number of hydrogen-bond donors (Lipinski definition) is 0. The van der Waals surface area contributed by atoms with Crippen molar-refractivity contribution in [3.05, 3.63) is 95.8 Å². The first-order valence-corrected chi connectivity index (χ1v) is 11.8. The molecule has 0 fully saturated rings. The molecule has 0 aliphatic carbocycles. The summed E-state index contributed by atoms with van der Waals surface area (Å²) in [5, 5.41) is 1.96. The Balaban J connectivity index is 1.88. The van der Waals surface area contributed by atoms with Crippen LogP contribution in [-0.2, 0) is 9.53 Å². The zero-order chi connectivity index (χ0) is 22.7. The van der Waals surface area contributed by atoms with E-state index in [-0.39, 0.29) is 12.2 Å². The molecule has 0 saturated heterocycles. The number of hydrogen-bond acceptors (Lipinski definition) is 7. The van der Waals surface area contributed by atoms with Crippen molar-refractivity contribution in [3.63, 3.8) is 0 Å². The van der Waals surface area contributed by atoms with Crippen LogP contribution in [0.15, 0.2) is 75.5 Å². The van der Waals surface area contributed by atoms with Gasteiger partial charge in [-0.25, -0.2) is 9.79 Å². The van der Waals surface area contributed by atoms with Gasteiger partial charge in [0.2, 0.25) is 0 Å². The second-order valence-electron chi connectivity index (χ2n) is 6.99. The molecule has 0 amide bonds. The van der Waals surface area contributed by atoms with Gasteiger partial charge in [0, 0.05) is 4.88 Å². The van der Waals surface area contributed by atoms with E-state index >= 15 is 0 Å². The van der Waals surface area contributed by atoms with Crippen LogP contribution in [0.4, 0.5) is 0 Å². The lowest BCUT2D eigenvalue weighted by molar-refractivity contribution is -0.139. The maximum absolute atomic E-state index is 13.4. The lowest BCUT2D eigenvalue weighted by atomic mass is 9.96. The molecule has 0 spiro atoms. The van der Waals surface area contributed by atoms with Crippen molar-refractivity contribution in [3.8, 4) is 5.75 Å². The first-order chi connectivity index (χ1) is 15.5. The van der Waals surface area contributed by atoms with E-state index < -0.39 is 12.0 Å². The summed E-state index contributed by atoms with van der Waals surface area (Å²) in [6.07, 6.45) is 3.53. The number of rotatable bonds is 7. The van der Waals surface area contributed by atoms with Gasteiger partial charge in [-0.05, 0) is 49.1 Å². The summed E-state index contributed by atoms with van der Waals surface area (Å²) in [6, 6.07) is 10.6. The minimum atomic E-state index is -0.635. The first kappa shape index (κ1) is 22.0. The fourth-order valence-corrected chi connectivity index (χ4v) is 5.28. The summed E-state index contributed by atoms with van der Waals surface area (Å²) >= 11 is 2.87. The number of thiophene rings is 1. The summed E-state index contributed by atoms with van der Waals surface area (Å²) in [7, 11) is 0. The van der Waals surface area contributed by atoms with Crippen LogP contribution in [0.1, 0.15) is 30.3 Å². The molecule has 4 rings (SSSR count). The van der Waals surface area contributed by atoms with Gasteiger partial charge in [0.25, 0.3) is 5.56 Å². The molecule has 1 atom stereocenters. The number of allylic oxidation sites excluding steroid dienone is 1. The molecule has 3 aromatic rings. The number of carbonyl (C=O) groups excluding carboxylic acids is 1. The van der Waals surface area contributed by atoms with E-state index in [1.54, 1.807) is 35.8 Å². The average Bonchev–Trinajstić information content (AvgIpc) is 3.40. The molecule has 8 heteroatoms. The Labute approximate surface area is 193 Å². The second-order valence-corrected chi connectivity index (χ2v) is 8.97. The van der Waals surface area contributed by atoms with Crippen LogP contribution in [0.5, 0.6) is 5.75 Å². The summed E-state index contributed by atoms with van der Waals surface area (Å²) in [4.78, 5) is 32.5. The van der Waals surface area contributed by atoms with Gasteiger partial charge in [0.1, 0.15) is 12.4 Å². The Hall–Kier alpha value is -3.23. The number of ether oxygens (including phenoxy) is 2. The summed E-state index contributed by atoms with van der Waals surface area (Å²) in [5.74, 6) is 0.204. The maximum Gasteiger partial charge on any atom is 0.338 e.